The zero-order valence-electron chi connectivity index (χ0n) is 16.5. The maximum absolute atomic E-state index is 12.6. The summed E-state index contributed by atoms with van der Waals surface area (Å²) in [5.74, 6) is 0.556. The van der Waals surface area contributed by atoms with E-state index in [0.717, 1.165) is 44.5 Å². The summed E-state index contributed by atoms with van der Waals surface area (Å²) in [7, 11) is 0. The number of hydrogen-bond donors (Lipinski definition) is 1. The van der Waals surface area contributed by atoms with Crippen LogP contribution in [0.1, 0.15) is 36.1 Å². The van der Waals surface area contributed by atoms with Gasteiger partial charge in [0.25, 0.3) is 0 Å². The summed E-state index contributed by atoms with van der Waals surface area (Å²) in [5.41, 5.74) is 6.54. The van der Waals surface area contributed by atoms with E-state index in [1.807, 2.05) is 65.0 Å². The fraction of sp³-hybridized carbons (Fsp3) is 0.261. The highest BCUT2D eigenvalue weighted by Gasteiger charge is 2.13. The molecule has 0 saturated heterocycles. The van der Waals surface area contributed by atoms with Gasteiger partial charge >= 0.3 is 0 Å². The number of benzene rings is 2. The fourth-order valence-corrected chi connectivity index (χ4v) is 3.08. The SMILES string of the molecule is CCOc1cc2occ(C)c2cc1/C(C)=C/C(=O)Nc1cc(C)ccc1C. The molecule has 3 rings (SSSR count). The van der Waals surface area contributed by atoms with E-state index in [1.54, 1.807) is 12.3 Å². The van der Waals surface area contributed by atoms with Crippen LogP contribution in [0.4, 0.5) is 5.69 Å². The average Bonchev–Trinajstić information content (AvgIpc) is 2.98. The number of carbonyl (C=O) groups is 1. The summed E-state index contributed by atoms with van der Waals surface area (Å²) < 4.78 is 11.4. The lowest BCUT2D eigenvalue weighted by atomic mass is 10.0. The predicted molar refractivity (Wildman–Crippen MR) is 110 cm³/mol. The Balaban J connectivity index is 1.94. The molecule has 4 heteroatoms. The fourth-order valence-electron chi connectivity index (χ4n) is 3.08. The molecule has 0 radical (unpaired) electrons. The highest BCUT2D eigenvalue weighted by molar-refractivity contribution is 6.05. The normalized spacial score (nSPS) is 11.7. The number of nitrogens with one attached hydrogen (secondary N) is 1. The van der Waals surface area contributed by atoms with Crippen LogP contribution in [0.25, 0.3) is 16.5 Å². The molecule has 0 aliphatic rings. The van der Waals surface area contributed by atoms with Crippen molar-refractivity contribution in [1.82, 2.24) is 0 Å². The van der Waals surface area contributed by atoms with E-state index in [0.29, 0.717) is 12.4 Å². The van der Waals surface area contributed by atoms with Crippen molar-refractivity contribution in [2.24, 2.45) is 0 Å². The summed E-state index contributed by atoms with van der Waals surface area (Å²) >= 11 is 0. The number of fused-ring (bicyclic) bond motifs is 1. The molecule has 1 amide bonds. The Morgan fingerprint density at radius 2 is 1.93 bits per heavy atom. The number of carbonyl (C=O) groups excluding carboxylic acids is 1. The number of aryl methyl sites for hydroxylation is 3. The van der Waals surface area contributed by atoms with Crippen LogP contribution < -0.4 is 10.1 Å². The van der Waals surface area contributed by atoms with Crippen LogP contribution in [0, 0.1) is 20.8 Å². The summed E-state index contributed by atoms with van der Waals surface area (Å²) in [6, 6.07) is 9.92. The molecule has 0 saturated carbocycles. The van der Waals surface area contributed by atoms with Crippen molar-refractivity contribution < 1.29 is 13.9 Å². The largest absolute Gasteiger partial charge is 0.493 e. The van der Waals surface area contributed by atoms with Gasteiger partial charge in [-0.2, -0.15) is 0 Å². The van der Waals surface area contributed by atoms with Crippen molar-refractivity contribution in [1.29, 1.82) is 0 Å². The van der Waals surface area contributed by atoms with E-state index in [1.165, 1.54) is 0 Å². The minimum Gasteiger partial charge on any atom is -0.493 e. The second-order valence-corrected chi connectivity index (χ2v) is 6.83. The minimum absolute atomic E-state index is 0.160. The number of hydrogen-bond acceptors (Lipinski definition) is 3. The summed E-state index contributed by atoms with van der Waals surface area (Å²) in [6.07, 6.45) is 3.34. The molecule has 3 aromatic rings. The molecule has 1 N–H and O–H groups in total. The Bertz CT molecular complexity index is 1030. The number of anilines is 1. The molecular weight excluding hydrogens is 338 g/mol. The highest BCUT2D eigenvalue weighted by atomic mass is 16.5. The van der Waals surface area contributed by atoms with Crippen LogP contribution >= 0.6 is 0 Å². The third-order valence-corrected chi connectivity index (χ3v) is 4.59. The van der Waals surface area contributed by atoms with Gasteiger partial charge < -0.3 is 14.5 Å². The van der Waals surface area contributed by atoms with Gasteiger partial charge in [0.05, 0.1) is 12.9 Å². The minimum atomic E-state index is -0.160. The molecule has 27 heavy (non-hydrogen) atoms. The number of rotatable bonds is 5. The maximum Gasteiger partial charge on any atom is 0.248 e. The zero-order valence-corrected chi connectivity index (χ0v) is 16.5. The van der Waals surface area contributed by atoms with Gasteiger partial charge in [-0.05, 0) is 69.0 Å². The third kappa shape index (κ3) is 4.05. The van der Waals surface area contributed by atoms with E-state index in [9.17, 15) is 4.79 Å². The molecule has 0 aliphatic heterocycles. The molecule has 2 aromatic carbocycles. The van der Waals surface area contributed by atoms with Crippen molar-refractivity contribution in [3.05, 3.63) is 64.9 Å². The average molecular weight is 363 g/mol. The van der Waals surface area contributed by atoms with Gasteiger partial charge in [0.2, 0.25) is 5.91 Å². The molecule has 0 fully saturated rings. The molecule has 1 heterocycles. The molecule has 0 spiro atoms. The molecule has 0 bridgehead atoms. The van der Waals surface area contributed by atoms with Crippen LogP contribution in [0.3, 0.4) is 0 Å². The topological polar surface area (TPSA) is 51.5 Å². The first kappa shape index (κ1) is 18.8. The first-order valence-electron chi connectivity index (χ1n) is 9.10. The monoisotopic (exact) mass is 363 g/mol. The van der Waals surface area contributed by atoms with Crippen LogP contribution in [0.5, 0.6) is 5.75 Å². The smallest absolute Gasteiger partial charge is 0.248 e. The van der Waals surface area contributed by atoms with Crippen molar-refractivity contribution in [3.63, 3.8) is 0 Å². The Kier molecular flexibility index (Phi) is 5.36. The highest BCUT2D eigenvalue weighted by Crippen LogP contribution is 2.33. The lowest BCUT2D eigenvalue weighted by Gasteiger charge is -2.12. The zero-order chi connectivity index (χ0) is 19.6. The van der Waals surface area contributed by atoms with Gasteiger partial charge in [-0.1, -0.05) is 12.1 Å². The van der Waals surface area contributed by atoms with Crippen LogP contribution in [-0.2, 0) is 4.79 Å². The van der Waals surface area contributed by atoms with Crippen molar-refractivity contribution in [2.45, 2.75) is 34.6 Å². The maximum atomic E-state index is 12.6. The lowest BCUT2D eigenvalue weighted by Crippen LogP contribution is -2.10. The molecule has 0 aliphatic carbocycles. The molecule has 140 valence electrons. The predicted octanol–water partition coefficient (Wildman–Crippen LogP) is 5.80. The standard InChI is InChI=1S/C23H25NO3/c1-6-26-21-12-22-19(17(5)13-27-22)11-18(21)16(4)10-23(25)24-20-9-14(2)7-8-15(20)3/h7-13H,6H2,1-5H3,(H,24,25)/b16-10+. The molecule has 0 unspecified atom stereocenters. The van der Waals surface area contributed by atoms with Gasteiger partial charge in [0.15, 0.2) is 0 Å². The molecule has 0 atom stereocenters. The number of furan rings is 1. The van der Waals surface area contributed by atoms with Crippen molar-refractivity contribution in [2.75, 3.05) is 11.9 Å². The van der Waals surface area contributed by atoms with Crippen molar-refractivity contribution in [3.8, 4) is 5.75 Å². The second-order valence-electron chi connectivity index (χ2n) is 6.83. The van der Waals surface area contributed by atoms with E-state index >= 15 is 0 Å². The molecule has 1 aromatic heterocycles. The Morgan fingerprint density at radius 3 is 2.67 bits per heavy atom. The Hall–Kier alpha value is -3.01. The molecule has 4 nitrogen and oxygen atoms in total. The number of ether oxygens (including phenoxy) is 1. The Labute approximate surface area is 159 Å². The van der Waals surface area contributed by atoms with Gasteiger partial charge in [0.1, 0.15) is 11.3 Å². The number of allylic oxidation sites excluding steroid dienone is 1. The number of amides is 1. The van der Waals surface area contributed by atoms with Gasteiger partial charge in [-0.25, -0.2) is 0 Å². The third-order valence-electron chi connectivity index (χ3n) is 4.59. The Morgan fingerprint density at radius 1 is 1.15 bits per heavy atom. The quantitative estimate of drug-likeness (QED) is 0.583. The van der Waals surface area contributed by atoms with E-state index in [2.05, 4.69) is 5.32 Å². The first-order valence-corrected chi connectivity index (χ1v) is 9.10. The van der Waals surface area contributed by atoms with Gasteiger partial charge in [-0.15, -0.1) is 0 Å². The van der Waals surface area contributed by atoms with E-state index in [-0.39, 0.29) is 5.91 Å². The van der Waals surface area contributed by atoms with Crippen molar-refractivity contribution >= 4 is 28.1 Å². The summed E-state index contributed by atoms with van der Waals surface area (Å²) in [4.78, 5) is 12.6. The van der Waals surface area contributed by atoms with Crippen LogP contribution in [-0.4, -0.2) is 12.5 Å². The summed E-state index contributed by atoms with van der Waals surface area (Å²) in [6.45, 7) is 10.4. The van der Waals surface area contributed by atoms with Crippen LogP contribution in [0.2, 0.25) is 0 Å². The lowest BCUT2D eigenvalue weighted by molar-refractivity contribution is -0.111. The molecular formula is C23H25NO3. The van der Waals surface area contributed by atoms with E-state index < -0.39 is 0 Å². The first-order chi connectivity index (χ1) is 12.9. The summed E-state index contributed by atoms with van der Waals surface area (Å²) in [5, 5.41) is 4.00. The van der Waals surface area contributed by atoms with Gasteiger partial charge in [-0.3, -0.25) is 4.79 Å². The van der Waals surface area contributed by atoms with Crippen LogP contribution in [0.15, 0.2) is 47.1 Å². The van der Waals surface area contributed by atoms with Gasteiger partial charge in [0, 0.05) is 28.8 Å². The van der Waals surface area contributed by atoms with E-state index in [4.69, 9.17) is 9.15 Å². The second kappa shape index (κ2) is 7.70.